The molecular formula is C15H19Cl3O4. The summed E-state index contributed by atoms with van der Waals surface area (Å²) in [5.74, 6) is -0.228. The van der Waals surface area contributed by atoms with Crippen LogP contribution < -0.4 is 4.74 Å². The second kappa shape index (κ2) is 10.2. The fourth-order valence-corrected chi connectivity index (χ4v) is 2.07. The van der Waals surface area contributed by atoms with Gasteiger partial charge in [-0.2, -0.15) is 0 Å². The van der Waals surface area contributed by atoms with Crippen LogP contribution in [0.3, 0.4) is 0 Å². The smallest absolute Gasteiger partial charge is 0.344 e. The van der Waals surface area contributed by atoms with E-state index < -0.39 is 5.97 Å². The van der Waals surface area contributed by atoms with Gasteiger partial charge in [0.25, 0.3) is 0 Å². The quantitative estimate of drug-likeness (QED) is 0.357. The maximum atomic E-state index is 11.6. The first-order valence-corrected chi connectivity index (χ1v) is 8.12. The molecule has 1 rings (SSSR count). The van der Waals surface area contributed by atoms with Gasteiger partial charge >= 0.3 is 5.97 Å². The van der Waals surface area contributed by atoms with Gasteiger partial charge in [0.15, 0.2) is 6.61 Å². The molecule has 7 heteroatoms. The van der Waals surface area contributed by atoms with Crippen molar-refractivity contribution in [2.24, 2.45) is 0 Å². The third-order valence-corrected chi connectivity index (χ3v) is 3.72. The number of benzene rings is 1. The van der Waals surface area contributed by atoms with Crippen LogP contribution in [0.4, 0.5) is 0 Å². The van der Waals surface area contributed by atoms with Gasteiger partial charge in [0, 0.05) is 12.7 Å². The lowest BCUT2D eigenvalue weighted by Crippen LogP contribution is -2.22. The van der Waals surface area contributed by atoms with Crippen molar-refractivity contribution in [3.8, 4) is 5.75 Å². The van der Waals surface area contributed by atoms with Gasteiger partial charge in [-0.15, -0.1) is 0 Å². The van der Waals surface area contributed by atoms with Gasteiger partial charge in [0.2, 0.25) is 0 Å². The topological polar surface area (TPSA) is 44.8 Å². The van der Waals surface area contributed by atoms with Crippen LogP contribution in [0.5, 0.6) is 5.75 Å². The molecule has 0 bridgehead atoms. The molecule has 1 aromatic rings. The Kier molecular flexibility index (Phi) is 8.95. The lowest BCUT2D eigenvalue weighted by atomic mass is 10.3. The highest BCUT2D eigenvalue weighted by Gasteiger charge is 2.11. The Morgan fingerprint density at radius 3 is 2.55 bits per heavy atom. The predicted molar refractivity (Wildman–Crippen MR) is 88.2 cm³/mol. The van der Waals surface area contributed by atoms with Gasteiger partial charge in [-0.05, 0) is 19.4 Å². The summed E-state index contributed by atoms with van der Waals surface area (Å²) in [6.45, 7) is 4.50. The highest BCUT2D eigenvalue weighted by atomic mass is 35.5. The number of hydrogen-bond donors (Lipinski definition) is 0. The van der Waals surface area contributed by atoms with E-state index in [1.807, 2.05) is 6.92 Å². The number of esters is 1. The first-order chi connectivity index (χ1) is 10.4. The Balaban J connectivity index is 2.33. The number of halogens is 3. The average molecular weight is 370 g/mol. The first kappa shape index (κ1) is 19.4. The molecule has 0 amide bonds. The molecule has 0 spiro atoms. The summed E-state index contributed by atoms with van der Waals surface area (Å²) in [4.78, 5) is 11.6. The van der Waals surface area contributed by atoms with Crippen molar-refractivity contribution >= 4 is 40.8 Å². The summed E-state index contributed by atoms with van der Waals surface area (Å²) in [5, 5.41) is 0.894. The minimum Gasteiger partial charge on any atom is -0.480 e. The zero-order chi connectivity index (χ0) is 16.5. The monoisotopic (exact) mass is 368 g/mol. The van der Waals surface area contributed by atoms with Gasteiger partial charge in [0.05, 0.1) is 21.2 Å². The summed E-state index contributed by atoms with van der Waals surface area (Å²) in [5.41, 5.74) is 0. The van der Waals surface area contributed by atoms with Gasteiger partial charge in [-0.1, -0.05) is 48.1 Å². The van der Waals surface area contributed by atoms with Crippen LogP contribution in [0, 0.1) is 0 Å². The summed E-state index contributed by atoms with van der Waals surface area (Å²) in [7, 11) is 0. The Labute approximate surface area is 145 Å². The van der Waals surface area contributed by atoms with Gasteiger partial charge in [-0.25, -0.2) is 4.79 Å². The van der Waals surface area contributed by atoms with E-state index in [9.17, 15) is 4.79 Å². The molecule has 0 aromatic heterocycles. The fourth-order valence-electron chi connectivity index (χ4n) is 1.48. The third-order valence-electron chi connectivity index (χ3n) is 2.70. The summed E-state index contributed by atoms with van der Waals surface area (Å²) in [6.07, 6.45) is 1.89. The number of carbonyl (C=O) groups is 1. The van der Waals surface area contributed by atoms with Crippen molar-refractivity contribution in [3.05, 3.63) is 27.2 Å². The van der Waals surface area contributed by atoms with E-state index in [1.165, 1.54) is 12.1 Å². The van der Waals surface area contributed by atoms with Gasteiger partial charge in [-0.3, -0.25) is 0 Å². The second-order valence-electron chi connectivity index (χ2n) is 4.70. The third kappa shape index (κ3) is 7.05. The average Bonchev–Trinajstić information content (AvgIpc) is 2.47. The fraction of sp³-hybridized carbons (Fsp3) is 0.533. The molecule has 0 N–H and O–H groups in total. The highest BCUT2D eigenvalue weighted by molar-refractivity contribution is 6.43. The van der Waals surface area contributed by atoms with Crippen LogP contribution in [-0.2, 0) is 14.3 Å². The van der Waals surface area contributed by atoms with E-state index in [0.29, 0.717) is 16.7 Å². The van der Waals surface area contributed by atoms with E-state index >= 15 is 0 Å². The van der Waals surface area contributed by atoms with Crippen LogP contribution in [0.25, 0.3) is 0 Å². The van der Waals surface area contributed by atoms with Crippen molar-refractivity contribution in [2.75, 3.05) is 19.8 Å². The number of rotatable bonds is 9. The molecule has 4 nitrogen and oxygen atoms in total. The number of ether oxygens (including phenoxy) is 3. The van der Waals surface area contributed by atoms with Gasteiger partial charge in [0.1, 0.15) is 12.4 Å². The molecule has 0 aliphatic rings. The molecule has 1 atom stereocenters. The van der Waals surface area contributed by atoms with E-state index in [0.717, 1.165) is 12.8 Å². The molecule has 124 valence electrons. The van der Waals surface area contributed by atoms with Crippen LogP contribution in [0.15, 0.2) is 12.1 Å². The Morgan fingerprint density at radius 1 is 1.18 bits per heavy atom. The van der Waals surface area contributed by atoms with E-state index in [1.54, 1.807) is 0 Å². The minimum absolute atomic E-state index is 0.149. The Morgan fingerprint density at radius 2 is 1.86 bits per heavy atom. The Bertz CT molecular complexity index is 494. The molecule has 1 aromatic carbocycles. The standard InChI is InChI=1S/C15H19Cl3O4/c1-3-4-5-20-10(2)8-22-15(19)9-21-14-7-12(17)11(16)6-13(14)18/h6-7,10H,3-5,8-9H2,1-2H3/t10-/m1/s1. The normalized spacial score (nSPS) is 12.0. The minimum atomic E-state index is -0.506. The molecule has 0 aliphatic carbocycles. The lowest BCUT2D eigenvalue weighted by Gasteiger charge is -2.14. The van der Waals surface area contributed by atoms with Crippen molar-refractivity contribution < 1.29 is 19.0 Å². The number of unbranched alkanes of at least 4 members (excludes halogenated alkanes) is 1. The van der Waals surface area contributed by atoms with E-state index in [2.05, 4.69) is 6.92 Å². The maximum absolute atomic E-state index is 11.6. The van der Waals surface area contributed by atoms with Crippen LogP contribution >= 0.6 is 34.8 Å². The summed E-state index contributed by atoms with van der Waals surface area (Å²) < 4.78 is 15.8. The number of hydrogen-bond acceptors (Lipinski definition) is 4. The van der Waals surface area contributed by atoms with Crippen molar-refractivity contribution in [3.63, 3.8) is 0 Å². The summed E-state index contributed by atoms with van der Waals surface area (Å²) >= 11 is 17.6. The molecule has 0 saturated heterocycles. The predicted octanol–water partition coefficient (Wildman–Crippen LogP) is 4.77. The van der Waals surface area contributed by atoms with Crippen molar-refractivity contribution in [1.29, 1.82) is 0 Å². The molecule has 0 radical (unpaired) electrons. The molecule has 0 unspecified atom stereocenters. The second-order valence-corrected chi connectivity index (χ2v) is 5.92. The number of carbonyl (C=O) groups excluding carboxylic acids is 1. The SMILES string of the molecule is CCCCO[C@H](C)COC(=O)COc1cc(Cl)c(Cl)cc1Cl. The van der Waals surface area contributed by atoms with E-state index in [4.69, 9.17) is 49.0 Å². The molecular weight excluding hydrogens is 351 g/mol. The first-order valence-electron chi connectivity index (χ1n) is 6.98. The summed E-state index contributed by atoms with van der Waals surface area (Å²) in [6, 6.07) is 2.91. The molecule has 0 heterocycles. The van der Waals surface area contributed by atoms with Crippen molar-refractivity contribution in [2.45, 2.75) is 32.8 Å². The van der Waals surface area contributed by atoms with Crippen molar-refractivity contribution in [1.82, 2.24) is 0 Å². The highest BCUT2D eigenvalue weighted by Crippen LogP contribution is 2.33. The largest absolute Gasteiger partial charge is 0.480 e. The molecule has 0 aliphatic heterocycles. The van der Waals surface area contributed by atoms with E-state index in [-0.39, 0.29) is 30.1 Å². The lowest BCUT2D eigenvalue weighted by molar-refractivity contribution is -0.149. The van der Waals surface area contributed by atoms with Crippen LogP contribution in [0.2, 0.25) is 15.1 Å². The maximum Gasteiger partial charge on any atom is 0.344 e. The Hall–Kier alpha value is -0.680. The van der Waals surface area contributed by atoms with Gasteiger partial charge < -0.3 is 14.2 Å². The zero-order valence-electron chi connectivity index (χ0n) is 12.5. The van der Waals surface area contributed by atoms with Crippen LogP contribution in [0.1, 0.15) is 26.7 Å². The van der Waals surface area contributed by atoms with Crippen LogP contribution in [-0.4, -0.2) is 31.9 Å². The molecule has 0 fully saturated rings. The molecule has 0 saturated carbocycles. The zero-order valence-corrected chi connectivity index (χ0v) is 14.8. The molecule has 22 heavy (non-hydrogen) atoms.